The lowest BCUT2D eigenvalue weighted by Gasteiger charge is -2.19. The lowest BCUT2D eigenvalue weighted by Crippen LogP contribution is -2.10. The predicted molar refractivity (Wildman–Crippen MR) is 96.6 cm³/mol. The summed E-state index contributed by atoms with van der Waals surface area (Å²) in [6, 6.07) is 16.2. The molecular formula is C21H30O. The van der Waals surface area contributed by atoms with Crippen LogP contribution in [0.2, 0.25) is 0 Å². The van der Waals surface area contributed by atoms with E-state index in [1.165, 1.54) is 16.7 Å². The molecule has 0 saturated heterocycles. The van der Waals surface area contributed by atoms with E-state index >= 15 is 0 Å². The summed E-state index contributed by atoms with van der Waals surface area (Å²) in [6.07, 6.45) is 0.907. The van der Waals surface area contributed by atoms with Crippen LogP contribution in [0.25, 0.3) is 0 Å². The third kappa shape index (κ3) is 6.80. The van der Waals surface area contributed by atoms with Crippen LogP contribution in [0.3, 0.4) is 0 Å². The second-order valence-electron chi connectivity index (χ2n) is 7.52. The molecule has 0 spiro atoms. The summed E-state index contributed by atoms with van der Waals surface area (Å²) in [7, 11) is 0. The highest BCUT2D eigenvalue weighted by molar-refractivity contribution is 5.33. The quantitative estimate of drug-likeness (QED) is 0.727. The Bertz CT molecular complexity index is 539. The molecule has 0 aliphatic heterocycles. The van der Waals surface area contributed by atoms with Crippen LogP contribution >= 0.6 is 0 Å². The van der Waals surface area contributed by atoms with Crippen LogP contribution < -0.4 is 0 Å². The van der Waals surface area contributed by atoms with Crippen molar-refractivity contribution in [2.45, 2.75) is 53.4 Å². The van der Waals surface area contributed by atoms with Crippen LogP contribution in [0.1, 0.15) is 58.2 Å². The Kier molecular flexibility index (Phi) is 6.67. The molecular weight excluding hydrogens is 268 g/mol. The van der Waals surface area contributed by atoms with Crippen molar-refractivity contribution in [1.29, 1.82) is 0 Å². The molecule has 1 N–H and O–H groups in total. The first-order valence-corrected chi connectivity index (χ1v) is 8.06. The lowest BCUT2D eigenvalue weighted by atomic mass is 9.86. The average Bonchev–Trinajstić information content (AvgIpc) is 2.40. The van der Waals surface area contributed by atoms with Crippen LogP contribution in [0.5, 0.6) is 5.75 Å². The standard InChI is InChI=1S/C17H20O.C4H10/c1-17(2,3)15-8-4-13(5-9-15)12-14-6-10-16(18)11-7-14;1-4(2)3/h4-11,18H,12H2,1-3H3;4H,1-3H3. The van der Waals surface area contributed by atoms with Gasteiger partial charge >= 0.3 is 0 Å². The Hall–Kier alpha value is -1.76. The van der Waals surface area contributed by atoms with E-state index in [1.54, 1.807) is 12.1 Å². The number of benzene rings is 2. The van der Waals surface area contributed by atoms with Gasteiger partial charge in [-0.3, -0.25) is 0 Å². The van der Waals surface area contributed by atoms with Gasteiger partial charge in [0, 0.05) is 0 Å². The fraction of sp³-hybridized carbons (Fsp3) is 0.429. The SMILES string of the molecule is CC(C)(C)c1ccc(Cc2ccc(O)cc2)cc1.CC(C)C. The molecule has 0 aliphatic rings. The minimum Gasteiger partial charge on any atom is -0.508 e. The molecule has 22 heavy (non-hydrogen) atoms. The number of aromatic hydroxyl groups is 1. The summed E-state index contributed by atoms with van der Waals surface area (Å²) in [5, 5.41) is 9.25. The minimum absolute atomic E-state index is 0.205. The molecule has 0 aliphatic carbocycles. The van der Waals surface area contributed by atoms with Gasteiger partial charge in [0.15, 0.2) is 0 Å². The average molecular weight is 298 g/mol. The van der Waals surface area contributed by atoms with Gasteiger partial charge in [-0.1, -0.05) is 77.9 Å². The van der Waals surface area contributed by atoms with Crippen molar-refractivity contribution >= 4 is 0 Å². The topological polar surface area (TPSA) is 20.2 Å². The van der Waals surface area contributed by atoms with Gasteiger partial charge in [-0.05, 0) is 46.6 Å². The summed E-state index contributed by atoms with van der Waals surface area (Å²) < 4.78 is 0. The van der Waals surface area contributed by atoms with Gasteiger partial charge in [-0.2, -0.15) is 0 Å². The van der Waals surface area contributed by atoms with Gasteiger partial charge in [-0.15, -0.1) is 0 Å². The molecule has 0 radical (unpaired) electrons. The Morgan fingerprint density at radius 2 is 1.14 bits per heavy atom. The van der Waals surface area contributed by atoms with Gasteiger partial charge in [-0.25, -0.2) is 0 Å². The van der Waals surface area contributed by atoms with E-state index in [9.17, 15) is 5.11 Å². The summed E-state index contributed by atoms with van der Waals surface area (Å²) in [5.74, 6) is 1.15. The first-order chi connectivity index (χ1) is 10.2. The summed E-state index contributed by atoms with van der Waals surface area (Å²) in [5.41, 5.74) is 4.08. The monoisotopic (exact) mass is 298 g/mol. The van der Waals surface area contributed by atoms with Crippen LogP contribution in [0, 0.1) is 5.92 Å². The second kappa shape index (κ2) is 8.03. The molecule has 0 saturated carbocycles. The third-order valence-electron chi connectivity index (χ3n) is 3.16. The van der Waals surface area contributed by atoms with E-state index in [2.05, 4.69) is 65.8 Å². The Labute approximate surface area is 136 Å². The molecule has 2 aromatic rings. The maximum absolute atomic E-state index is 9.25. The van der Waals surface area contributed by atoms with E-state index in [4.69, 9.17) is 0 Å². The summed E-state index contributed by atoms with van der Waals surface area (Å²) in [4.78, 5) is 0. The van der Waals surface area contributed by atoms with E-state index in [-0.39, 0.29) is 5.41 Å². The minimum atomic E-state index is 0.205. The fourth-order valence-electron chi connectivity index (χ4n) is 1.97. The first kappa shape index (κ1) is 18.3. The zero-order chi connectivity index (χ0) is 16.8. The van der Waals surface area contributed by atoms with Crippen LogP contribution in [0.4, 0.5) is 0 Å². The number of hydrogen-bond acceptors (Lipinski definition) is 1. The van der Waals surface area contributed by atoms with E-state index in [0.717, 1.165) is 12.3 Å². The summed E-state index contributed by atoms with van der Waals surface area (Å²) >= 11 is 0. The van der Waals surface area contributed by atoms with E-state index < -0.39 is 0 Å². The maximum atomic E-state index is 9.25. The number of hydrogen-bond donors (Lipinski definition) is 1. The lowest BCUT2D eigenvalue weighted by molar-refractivity contribution is 0.475. The smallest absolute Gasteiger partial charge is 0.115 e. The number of phenolic OH excluding ortho intramolecular Hbond substituents is 1. The van der Waals surface area contributed by atoms with Crippen molar-refractivity contribution < 1.29 is 5.11 Å². The zero-order valence-corrected chi connectivity index (χ0v) is 14.9. The maximum Gasteiger partial charge on any atom is 0.115 e. The normalized spacial score (nSPS) is 11.0. The first-order valence-electron chi connectivity index (χ1n) is 8.06. The van der Waals surface area contributed by atoms with Crippen molar-refractivity contribution in [3.63, 3.8) is 0 Å². The van der Waals surface area contributed by atoms with Gasteiger partial charge in [0.2, 0.25) is 0 Å². The molecule has 0 aromatic heterocycles. The van der Waals surface area contributed by atoms with Crippen molar-refractivity contribution in [2.24, 2.45) is 5.92 Å². The highest BCUT2D eigenvalue weighted by atomic mass is 16.3. The Balaban J connectivity index is 0.000000541. The molecule has 0 fully saturated rings. The van der Waals surface area contributed by atoms with Crippen molar-refractivity contribution in [1.82, 2.24) is 0 Å². The largest absolute Gasteiger partial charge is 0.508 e. The fourth-order valence-corrected chi connectivity index (χ4v) is 1.97. The molecule has 0 amide bonds. The number of rotatable bonds is 2. The highest BCUT2D eigenvalue weighted by Crippen LogP contribution is 2.23. The van der Waals surface area contributed by atoms with Crippen LogP contribution in [-0.4, -0.2) is 5.11 Å². The molecule has 120 valence electrons. The Morgan fingerprint density at radius 3 is 1.50 bits per heavy atom. The van der Waals surface area contributed by atoms with Crippen molar-refractivity contribution in [2.75, 3.05) is 0 Å². The molecule has 2 rings (SSSR count). The highest BCUT2D eigenvalue weighted by Gasteiger charge is 2.12. The van der Waals surface area contributed by atoms with Crippen molar-refractivity contribution in [3.05, 3.63) is 65.2 Å². The molecule has 1 heteroatoms. The van der Waals surface area contributed by atoms with E-state index in [0.29, 0.717) is 5.75 Å². The molecule has 1 nitrogen and oxygen atoms in total. The van der Waals surface area contributed by atoms with Gasteiger partial charge in [0.25, 0.3) is 0 Å². The van der Waals surface area contributed by atoms with Gasteiger partial charge in [0.1, 0.15) is 5.75 Å². The second-order valence-corrected chi connectivity index (χ2v) is 7.52. The molecule has 0 heterocycles. The predicted octanol–water partition coefficient (Wildman–Crippen LogP) is 5.94. The molecule has 0 bridgehead atoms. The zero-order valence-electron chi connectivity index (χ0n) is 14.9. The van der Waals surface area contributed by atoms with E-state index in [1.807, 2.05) is 12.1 Å². The van der Waals surface area contributed by atoms with Crippen LogP contribution in [-0.2, 0) is 11.8 Å². The Morgan fingerprint density at radius 1 is 0.773 bits per heavy atom. The molecule has 2 aromatic carbocycles. The molecule has 0 unspecified atom stereocenters. The molecule has 0 atom stereocenters. The van der Waals surface area contributed by atoms with Crippen molar-refractivity contribution in [3.8, 4) is 5.75 Å². The van der Waals surface area contributed by atoms with Crippen LogP contribution in [0.15, 0.2) is 48.5 Å². The third-order valence-corrected chi connectivity index (χ3v) is 3.16. The summed E-state index contributed by atoms with van der Waals surface area (Å²) in [6.45, 7) is 13.2. The van der Waals surface area contributed by atoms with Gasteiger partial charge < -0.3 is 5.11 Å². The number of phenols is 1. The van der Waals surface area contributed by atoms with Gasteiger partial charge in [0.05, 0.1) is 0 Å².